The van der Waals surface area contributed by atoms with E-state index in [1.807, 2.05) is 0 Å². The van der Waals surface area contributed by atoms with E-state index in [1.54, 1.807) is 6.92 Å². The predicted octanol–water partition coefficient (Wildman–Crippen LogP) is 2.59. The summed E-state index contributed by atoms with van der Waals surface area (Å²) in [5, 5.41) is 2.59. The van der Waals surface area contributed by atoms with Gasteiger partial charge in [0.2, 0.25) is 15.9 Å². The van der Waals surface area contributed by atoms with Crippen LogP contribution in [0.4, 0.5) is 18.9 Å². The lowest BCUT2D eigenvalue weighted by atomic mass is 9.99. The Bertz CT molecular complexity index is 704. The van der Waals surface area contributed by atoms with E-state index < -0.39 is 22.3 Å². The molecule has 140 valence electrons. The van der Waals surface area contributed by atoms with Gasteiger partial charge in [0, 0.05) is 18.8 Å². The largest absolute Gasteiger partial charge is 0.573 e. The van der Waals surface area contributed by atoms with Crippen molar-refractivity contribution in [2.45, 2.75) is 26.1 Å². The Kier molecular flexibility index (Phi) is 5.94. The molecule has 0 saturated carbocycles. The molecule has 0 bridgehead atoms. The Balaban J connectivity index is 1.97. The summed E-state index contributed by atoms with van der Waals surface area (Å²) in [4.78, 5) is 12.3. The Morgan fingerprint density at radius 1 is 1.32 bits per heavy atom. The van der Waals surface area contributed by atoms with E-state index in [9.17, 15) is 26.4 Å². The highest BCUT2D eigenvalue weighted by molar-refractivity contribution is 7.89. The van der Waals surface area contributed by atoms with Crippen molar-refractivity contribution in [3.8, 4) is 5.75 Å². The van der Waals surface area contributed by atoms with Crippen LogP contribution in [0.5, 0.6) is 5.75 Å². The second-order valence-corrected chi connectivity index (χ2v) is 7.92. The van der Waals surface area contributed by atoms with E-state index in [0.29, 0.717) is 25.1 Å². The summed E-state index contributed by atoms with van der Waals surface area (Å²) in [6.07, 6.45) is -3.65. The number of alkyl halides is 3. The number of piperidine rings is 1. The van der Waals surface area contributed by atoms with E-state index in [2.05, 4.69) is 10.1 Å². The standard InChI is InChI=1S/C15H19F3N2O4S/c1-2-25(22,23)20-9-3-4-11(10-20)14(21)19-12-5-7-13(8-6-12)24-15(16,17)18/h5-8,11H,2-4,9-10H2,1H3,(H,19,21). The topological polar surface area (TPSA) is 75.7 Å². The zero-order valence-electron chi connectivity index (χ0n) is 13.5. The third-order valence-corrected chi connectivity index (χ3v) is 5.72. The fraction of sp³-hybridized carbons (Fsp3) is 0.533. The van der Waals surface area contributed by atoms with Crippen molar-refractivity contribution in [2.24, 2.45) is 5.92 Å². The fourth-order valence-corrected chi connectivity index (χ4v) is 3.76. The Labute approximate surface area is 144 Å². The number of sulfonamides is 1. The first-order chi connectivity index (χ1) is 11.6. The average molecular weight is 380 g/mol. The molecule has 1 aliphatic rings. The van der Waals surface area contributed by atoms with Crippen LogP contribution in [0.1, 0.15) is 19.8 Å². The minimum Gasteiger partial charge on any atom is -0.406 e. The molecule has 1 fully saturated rings. The van der Waals surface area contributed by atoms with Crippen molar-refractivity contribution in [2.75, 3.05) is 24.2 Å². The van der Waals surface area contributed by atoms with Gasteiger partial charge < -0.3 is 10.1 Å². The SMILES string of the molecule is CCS(=O)(=O)N1CCCC(C(=O)Nc2ccc(OC(F)(F)F)cc2)C1. The molecule has 10 heteroatoms. The molecule has 6 nitrogen and oxygen atoms in total. The summed E-state index contributed by atoms with van der Waals surface area (Å²) in [6.45, 7) is 2.05. The first-order valence-corrected chi connectivity index (χ1v) is 9.36. The number of ether oxygens (including phenoxy) is 1. The van der Waals surface area contributed by atoms with Crippen molar-refractivity contribution in [1.29, 1.82) is 0 Å². The fourth-order valence-electron chi connectivity index (χ4n) is 2.58. The zero-order chi connectivity index (χ0) is 18.7. The van der Waals surface area contributed by atoms with Crippen LogP contribution in [0.2, 0.25) is 0 Å². The summed E-state index contributed by atoms with van der Waals surface area (Å²) in [5.74, 6) is -1.27. The second-order valence-electron chi connectivity index (χ2n) is 5.66. The van der Waals surface area contributed by atoms with E-state index in [0.717, 1.165) is 12.1 Å². The second kappa shape index (κ2) is 7.61. The first kappa shape index (κ1) is 19.5. The molecule has 2 rings (SSSR count). The molecule has 1 aromatic carbocycles. The average Bonchev–Trinajstić information content (AvgIpc) is 2.55. The smallest absolute Gasteiger partial charge is 0.406 e. The third kappa shape index (κ3) is 5.60. The lowest BCUT2D eigenvalue weighted by Gasteiger charge is -2.30. The van der Waals surface area contributed by atoms with Crippen molar-refractivity contribution in [3.05, 3.63) is 24.3 Å². The van der Waals surface area contributed by atoms with Crippen molar-refractivity contribution >= 4 is 21.6 Å². The highest BCUT2D eigenvalue weighted by Crippen LogP contribution is 2.25. The highest BCUT2D eigenvalue weighted by Gasteiger charge is 2.32. The van der Waals surface area contributed by atoms with Gasteiger partial charge in [0.25, 0.3) is 0 Å². The number of anilines is 1. The maximum Gasteiger partial charge on any atom is 0.573 e. The summed E-state index contributed by atoms with van der Waals surface area (Å²) in [6, 6.07) is 4.78. The summed E-state index contributed by atoms with van der Waals surface area (Å²) in [7, 11) is -3.35. The predicted molar refractivity (Wildman–Crippen MR) is 85.5 cm³/mol. The van der Waals surface area contributed by atoms with E-state index in [-0.39, 0.29) is 24.0 Å². The molecule has 1 N–H and O–H groups in total. The number of halogens is 3. The monoisotopic (exact) mass is 380 g/mol. The molecule has 1 aromatic rings. The number of nitrogens with one attached hydrogen (secondary N) is 1. The van der Waals surface area contributed by atoms with Gasteiger partial charge in [-0.2, -0.15) is 0 Å². The number of benzene rings is 1. The molecular weight excluding hydrogens is 361 g/mol. The van der Waals surface area contributed by atoms with Crippen LogP contribution in [0.3, 0.4) is 0 Å². The van der Waals surface area contributed by atoms with E-state index in [1.165, 1.54) is 16.4 Å². The van der Waals surface area contributed by atoms with Crippen LogP contribution >= 0.6 is 0 Å². The van der Waals surface area contributed by atoms with Crippen LogP contribution in [-0.2, 0) is 14.8 Å². The number of hydrogen-bond donors (Lipinski definition) is 1. The first-order valence-electron chi connectivity index (χ1n) is 7.75. The molecular formula is C15H19F3N2O4S. The maximum atomic E-state index is 12.3. The molecule has 1 heterocycles. The molecule has 1 atom stereocenters. The van der Waals surface area contributed by atoms with Gasteiger partial charge in [-0.3, -0.25) is 4.79 Å². The summed E-state index contributed by atoms with van der Waals surface area (Å²) in [5.41, 5.74) is 0.315. The molecule has 1 amide bonds. The number of carbonyl (C=O) groups is 1. The molecule has 1 aliphatic heterocycles. The number of amides is 1. The van der Waals surface area contributed by atoms with Gasteiger partial charge >= 0.3 is 6.36 Å². The highest BCUT2D eigenvalue weighted by atomic mass is 32.2. The Hall–Kier alpha value is -1.81. The van der Waals surface area contributed by atoms with Gasteiger partial charge in [0.05, 0.1) is 11.7 Å². The summed E-state index contributed by atoms with van der Waals surface area (Å²) >= 11 is 0. The van der Waals surface area contributed by atoms with E-state index in [4.69, 9.17) is 0 Å². The van der Waals surface area contributed by atoms with Gasteiger partial charge in [0.15, 0.2) is 0 Å². The van der Waals surface area contributed by atoms with Gasteiger partial charge in [-0.25, -0.2) is 12.7 Å². The third-order valence-electron chi connectivity index (χ3n) is 3.87. The quantitative estimate of drug-likeness (QED) is 0.852. The lowest BCUT2D eigenvalue weighted by Crippen LogP contribution is -2.44. The minimum atomic E-state index is -4.78. The molecule has 1 unspecified atom stereocenters. The molecule has 0 aromatic heterocycles. The normalized spacial score (nSPS) is 19.4. The van der Waals surface area contributed by atoms with Crippen LogP contribution in [0.15, 0.2) is 24.3 Å². The zero-order valence-corrected chi connectivity index (χ0v) is 14.4. The van der Waals surface area contributed by atoms with Crippen molar-refractivity contribution < 1.29 is 31.1 Å². The lowest BCUT2D eigenvalue weighted by molar-refractivity contribution is -0.274. The number of rotatable bonds is 5. The molecule has 0 spiro atoms. The van der Waals surface area contributed by atoms with Gasteiger partial charge in [-0.15, -0.1) is 13.2 Å². The van der Waals surface area contributed by atoms with Gasteiger partial charge in [-0.1, -0.05) is 0 Å². The maximum absolute atomic E-state index is 12.3. The Morgan fingerprint density at radius 3 is 2.52 bits per heavy atom. The molecule has 0 radical (unpaired) electrons. The molecule has 1 saturated heterocycles. The van der Waals surface area contributed by atoms with Gasteiger partial charge in [-0.05, 0) is 44.0 Å². The summed E-state index contributed by atoms with van der Waals surface area (Å²) < 4.78 is 65.2. The van der Waals surface area contributed by atoms with Crippen LogP contribution < -0.4 is 10.1 Å². The van der Waals surface area contributed by atoms with Crippen molar-refractivity contribution in [3.63, 3.8) is 0 Å². The number of hydrogen-bond acceptors (Lipinski definition) is 4. The van der Waals surface area contributed by atoms with Crippen LogP contribution in [-0.4, -0.2) is 43.8 Å². The van der Waals surface area contributed by atoms with Crippen molar-refractivity contribution in [1.82, 2.24) is 4.31 Å². The molecule has 25 heavy (non-hydrogen) atoms. The Morgan fingerprint density at radius 2 is 1.96 bits per heavy atom. The number of carbonyl (C=O) groups excluding carboxylic acids is 1. The van der Waals surface area contributed by atoms with Crippen LogP contribution in [0, 0.1) is 5.92 Å². The molecule has 0 aliphatic carbocycles. The minimum absolute atomic E-state index is 0.0258. The number of nitrogens with zero attached hydrogens (tertiary/aromatic N) is 1. The van der Waals surface area contributed by atoms with Gasteiger partial charge in [0.1, 0.15) is 5.75 Å². The van der Waals surface area contributed by atoms with E-state index >= 15 is 0 Å². The van der Waals surface area contributed by atoms with Crippen LogP contribution in [0.25, 0.3) is 0 Å².